The predicted octanol–water partition coefficient (Wildman–Crippen LogP) is 3.91. The van der Waals surface area contributed by atoms with Crippen LogP contribution in [0.25, 0.3) is 11.4 Å². The highest BCUT2D eigenvalue weighted by molar-refractivity contribution is 9.10. The maximum Gasteiger partial charge on any atom is 0.241 e. The van der Waals surface area contributed by atoms with E-state index in [4.69, 9.17) is 16.1 Å². The monoisotopic (exact) mass is 489 g/mol. The van der Waals surface area contributed by atoms with Crippen molar-refractivity contribution in [1.29, 1.82) is 0 Å². The van der Waals surface area contributed by atoms with Crippen LogP contribution in [0, 0.1) is 0 Å². The Morgan fingerprint density at radius 1 is 1.10 bits per heavy atom. The molecule has 30 heavy (non-hydrogen) atoms. The second-order valence-electron chi connectivity index (χ2n) is 7.10. The zero-order valence-electron chi connectivity index (χ0n) is 16.2. The van der Waals surface area contributed by atoms with Crippen LogP contribution in [-0.2, 0) is 11.3 Å². The number of halogens is 2. The van der Waals surface area contributed by atoms with Crippen molar-refractivity contribution < 1.29 is 9.32 Å². The molecule has 0 spiro atoms. The smallest absolute Gasteiger partial charge is 0.241 e. The van der Waals surface area contributed by atoms with E-state index in [-0.39, 0.29) is 5.91 Å². The van der Waals surface area contributed by atoms with Crippen LogP contribution in [0.2, 0.25) is 5.02 Å². The molecule has 1 fully saturated rings. The van der Waals surface area contributed by atoms with Crippen LogP contribution in [0.3, 0.4) is 0 Å². The maximum absolute atomic E-state index is 12.3. The van der Waals surface area contributed by atoms with E-state index < -0.39 is 0 Å². The van der Waals surface area contributed by atoms with Crippen LogP contribution in [0.1, 0.15) is 5.89 Å². The molecule has 1 saturated heterocycles. The number of nitrogens with one attached hydrogen (secondary N) is 1. The van der Waals surface area contributed by atoms with Crippen LogP contribution in [0.4, 0.5) is 5.69 Å². The van der Waals surface area contributed by atoms with Crippen molar-refractivity contribution >= 4 is 39.1 Å². The van der Waals surface area contributed by atoms with Crippen LogP contribution in [0.5, 0.6) is 0 Å². The van der Waals surface area contributed by atoms with E-state index in [0.717, 1.165) is 36.2 Å². The molecule has 2 heterocycles. The summed E-state index contributed by atoms with van der Waals surface area (Å²) in [6, 6.07) is 15.0. The van der Waals surface area contributed by atoms with Gasteiger partial charge in [0.1, 0.15) is 0 Å². The second kappa shape index (κ2) is 9.70. The number of benzene rings is 2. The number of para-hydroxylation sites is 1. The van der Waals surface area contributed by atoms with Gasteiger partial charge in [-0.2, -0.15) is 4.98 Å². The number of carbonyl (C=O) groups is 1. The lowest BCUT2D eigenvalue weighted by Gasteiger charge is -2.33. The van der Waals surface area contributed by atoms with Gasteiger partial charge in [0.05, 0.1) is 23.8 Å². The third kappa shape index (κ3) is 5.46. The lowest BCUT2D eigenvalue weighted by Crippen LogP contribution is -2.48. The number of rotatable bonds is 6. The SMILES string of the molecule is O=C(CN1CCN(Cc2nc(-c3cccc(Br)c3)no2)CC1)Nc1ccccc1Cl. The number of nitrogens with zero attached hydrogens (tertiary/aromatic N) is 4. The van der Waals surface area contributed by atoms with Gasteiger partial charge in [0, 0.05) is 36.2 Å². The molecule has 0 atom stereocenters. The molecule has 2 aromatic carbocycles. The zero-order chi connectivity index (χ0) is 20.9. The molecule has 0 saturated carbocycles. The van der Waals surface area contributed by atoms with E-state index in [1.807, 2.05) is 36.4 Å². The number of hydrogen-bond acceptors (Lipinski definition) is 6. The standard InChI is InChI=1S/C21H21BrClN5O2/c22-16-5-3-4-15(12-16)21-25-20(30-26-21)14-28-10-8-27(9-11-28)13-19(29)24-18-7-2-1-6-17(18)23/h1-7,12H,8-11,13-14H2,(H,24,29). The van der Waals surface area contributed by atoms with Gasteiger partial charge in [0.2, 0.25) is 17.6 Å². The van der Waals surface area contributed by atoms with Crippen molar-refractivity contribution in [3.05, 3.63) is 63.9 Å². The Morgan fingerprint density at radius 2 is 1.87 bits per heavy atom. The fourth-order valence-corrected chi connectivity index (χ4v) is 3.90. The van der Waals surface area contributed by atoms with Crippen LogP contribution in [0.15, 0.2) is 57.5 Å². The van der Waals surface area contributed by atoms with Crippen LogP contribution >= 0.6 is 27.5 Å². The summed E-state index contributed by atoms with van der Waals surface area (Å²) >= 11 is 9.55. The summed E-state index contributed by atoms with van der Waals surface area (Å²) in [4.78, 5) is 21.2. The number of amides is 1. The van der Waals surface area contributed by atoms with Crippen molar-refractivity contribution in [2.24, 2.45) is 0 Å². The van der Waals surface area contributed by atoms with E-state index in [1.54, 1.807) is 12.1 Å². The summed E-state index contributed by atoms with van der Waals surface area (Å²) in [7, 11) is 0. The minimum atomic E-state index is -0.0629. The Balaban J connectivity index is 1.25. The average Bonchev–Trinajstić information content (AvgIpc) is 3.20. The van der Waals surface area contributed by atoms with Crippen molar-refractivity contribution in [2.45, 2.75) is 6.54 Å². The molecule has 4 rings (SSSR count). The van der Waals surface area contributed by atoms with E-state index >= 15 is 0 Å². The summed E-state index contributed by atoms with van der Waals surface area (Å²) in [5.41, 5.74) is 1.55. The van der Waals surface area contributed by atoms with Crippen molar-refractivity contribution in [1.82, 2.24) is 19.9 Å². The first-order valence-electron chi connectivity index (χ1n) is 9.64. The summed E-state index contributed by atoms with van der Waals surface area (Å²) in [6.07, 6.45) is 0. The summed E-state index contributed by atoms with van der Waals surface area (Å²) in [5.74, 6) is 1.11. The number of piperazine rings is 1. The van der Waals surface area contributed by atoms with Gasteiger partial charge in [-0.3, -0.25) is 14.6 Å². The van der Waals surface area contributed by atoms with Crippen molar-refractivity contribution in [3.63, 3.8) is 0 Å². The van der Waals surface area contributed by atoms with Gasteiger partial charge >= 0.3 is 0 Å². The highest BCUT2D eigenvalue weighted by Crippen LogP contribution is 2.21. The fraction of sp³-hybridized carbons (Fsp3) is 0.286. The molecule has 1 aliphatic rings. The highest BCUT2D eigenvalue weighted by Gasteiger charge is 2.21. The van der Waals surface area contributed by atoms with Gasteiger partial charge in [-0.15, -0.1) is 0 Å². The summed E-state index contributed by atoms with van der Waals surface area (Å²) < 4.78 is 6.40. The summed E-state index contributed by atoms with van der Waals surface area (Å²) in [6.45, 7) is 4.18. The number of aromatic nitrogens is 2. The highest BCUT2D eigenvalue weighted by atomic mass is 79.9. The quantitative estimate of drug-likeness (QED) is 0.565. The van der Waals surface area contributed by atoms with E-state index in [2.05, 4.69) is 41.2 Å². The number of carbonyl (C=O) groups excluding carboxylic acids is 1. The molecule has 9 heteroatoms. The zero-order valence-corrected chi connectivity index (χ0v) is 18.6. The van der Waals surface area contributed by atoms with E-state index in [9.17, 15) is 4.79 Å². The molecule has 0 aliphatic carbocycles. The molecule has 1 aromatic heterocycles. The van der Waals surface area contributed by atoms with Crippen molar-refractivity contribution in [3.8, 4) is 11.4 Å². The molecular weight excluding hydrogens is 470 g/mol. The van der Waals surface area contributed by atoms with E-state index in [0.29, 0.717) is 35.5 Å². The largest absolute Gasteiger partial charge is 0.338 e. The van der Waals surface area contributed by atoms with Crippen LogP contribution in [-0.4, -0.2) is 58.6 Å². The first-order chi connectivity index (χ1) is 14.6. The minimum absolute atomic E-state index is 0.0629. The van der Waals surface area contributed by atoms with Gasteiger partial charge in [0.25, 0.3) is 0 Å². The molecule has 3 aromatic rings. The number of anilines is 1. The molecule has 0 radical (unpaired) electrons. The Kier molecular flexibility index (Phi) is 6.79. The average molecular weight is 491 g/mol. The maximum atomic E-state index is 12.3. The molecule has 1 aliphatic heterocycles. The lowest BCUT2D eigenvalue weighted by atomic mass is 10.2. The third-order valence-electron chi connectivity index (χ3n) is 4.89. The topological polar surface area (TPSA) is 74.5 Å². The molecular formula is C21H21BrClN5O2. The summed E-state index contributed by atoms with van der Waals surface area (Å²) in [5, 5.41) is 7.49. The lowest BCUT2D eigenvalue weighted by molar-refractivity contribution is -0.117. The van der Waals surface area contributed by atoms with Gasteiger partial charge in [-0.05, 0) is 24.3 Å². The fourth-order valence-electron chi connectivity index (χ4n) is 3.32. The second-order valence-corrected chi connectivity index (χ2v) is 8.43. The molecule has 1 N–H and O–H groups in total. The van der Waals surface area contributed by atoms with Crippen molar-refractivity contribution in [2.75, 3.05) is 38.0 Å². The minimum Gasteiger partial charge on any atom is -0.338 e. The normalized spacial score (nSPS) is 15.3. The molecule has 1 amide bonds. The Labute approximate surface area is 188 Å². The Hall–Kier alpha value is -2.26. The molecule has 0 bridgehead atoms. The van der Waals surface area contributed by atoms with Gasteiger partial charge in [-0.25, -0.2) is 0 Å². The van der Waals surface area contributed by atoms with Gasteiger partial charge in [0.15, 0.2) is 0 Å². The Bertz CT molecular complexity index is 1020. The number of hydrogen-bond donors (Lipinski definition) is 1. The van der Waals surface area contributed by atoms with Gasteiger partial charge < -0.3 is 9.84 Å². The molecule has 156 valence electrons. The molecule has 7 nitrogen and oxygen atoms in total. The van der Waals surface area contributed by atoms with Crippen LogP contribution < -0.4 is 5.32 Å². The van der Waals surface area contributed by atoms with E-state index in [1.165, 1.54) is 0 Å². The third-order valence-corrected chi connectivity index (χ3v) is 5.71. The molecule has 0 unspecified atom stereocenters. The van der Waals surface area contributed by atoms with Gasteiger partial charge in [-0.1, -0.05) is 57.0 Å². The predicted molar refractivity (Wildman–Crippen MR) is 119 cm³/mol. The Morgan fingerprint density at radius 3 is 2.63 bits per heavy atom. The first kappa shape index (κ1) is 21.0. The first-order valence-corrected chi connectivity index (χ1v) is 10.8.